The van der Waals surface area contributed by atoms with Gasteiger partial charge in [0.1, 0.15) is 0 Å². The molecule has 0 atom stereocenters. The molecule has 2 aromatic rings. The SMILES string of the molecule is O=C(Nc1ccccc1CN1CCOCC1)C1CCN(C(=O)c2ccco2)CC1. The number of ether oxygens (including phenoxy) is 1. The molecule has 2 amide bonds. The number of benzene rings is 1. The Morgan fingerprint density at radius 1 is 1.00 bits per heavy atom. The number of carbonyl (C=O) groups excluding carboxylic acids is 2. The molecule has 1 aromatic carbocycles. The Bertz CT molecular complexity index is 822. The number of furan rings is 1. The lowest BCUT2D eigenvalue weighted by Gasteiger charge is -2.31. The molecule has 0 bridgehead atoms. The summed E-state index contributed by atoms with van der Waals surface area (Å²) in [6.07, 6.45) is 2.82. The molecule has 0 saturated carbocycles. The van der Waals surface area contributed by atoms with Crippen LogP contribution in [0.25, 0.3) is 0 Å². The molecule has 0 unspecified atom stereocenters. The summed E-state index contributed by atoms with van der Waals surface area (Å²) in [6.45, 7) is 5.25. The van der Waals surface area contributed by atoms with Crippen molar-refractivity contribution in [1.29, 1.82) is 0 Å². The van der Waals surface area contributed by atoms with E-state index >= 15 is 0 Å². The molecule has 2 fully saturated rings. The van der Waals surface area contributed by atoms with Gasteiger partial charge in [0.25, 0.3) is 5.91 Å². The molecule has 7 heteroatoms. The average Bonchev–Trinajstić information content (AvgIpc) is 3.30. The van der Waals surface area contributed by atoms with Crippen molar-refractivity contribution in [3.05, 3.63) is 54.0 Å². The van der Waals surface area contributed by atoms with Crippen LogP contribution >= 0.6 is 0 Å². The molecule has 0 spiro atoms. The van der Waals surface area contributed by atoms with Crippen LogP contribution in [0.4, 0.5) is 5.69 Å². The number of carbonyl (C=O) groups is 2. The topological polar surface area (TPSA) is 75.0 Å². The lowest BCUT2D eigenvalue weighted by molar-refractivity contribution is -0.121. The Hall–Kier alpha value is -2.64. The minimum atomic E-state index is -0.107. The zero-order valence-corrected chi connectivity index (χ0v) is 16.5. The molecule has 29 heavy (non-hydrogen) atoms. The monoisotopic (exact) mass is 397 g/mol. The fourth-order valence-corrected chi connectivity index (χ4v) is 3.92. The molecule has 154 valence electrons. The number of hydrogen-bond donors (Lipinski definition) is 1. The van der Waals surface area contributed by atoms with Gasteiger partial charge in [-0.1, -0.05) is 18.2 Å². The van der Waals surface area contributed by atoms with Gasteiger partial charge >= 0.3 is 0 Å². The Morgan fingerprint density at radius 3 is 2.48 bits per heavy atom. The summed E-state index contributed by atoms with van der Waals surface area (Å²) in [5.74, 6) is 0.186. The number of nitrogens with zero attached hydrogens (tertiary/aromatic N) is 2. The first kappa shape index (κ1) is 19.7. The first-order chi connectivity index (χ1) is 14.2. The molecular formula is C22H27N3O4. The van der Waals surface area contributed by atoms with Gasteiger partial charge in [-0.2, -0.15) is 0 Å². The average molecular weight is 397 g/mol. The summed E-state index contributed by atoms with van der Waals surface area (Å²) in [4.78, 5) is 29.3. The number of morpholine rings is 1. The molecule has 2 aliphatic rings. The molecular weight excluding hydrogens is 370 g/mol. The van der Waals surface area contributed by atoms with Gasteiger partial charge in [0.15, 0.2) is 5.76 Å². The van der Waals surface area contributed by atoms with Crippen molar-refractivity contribution in [2.75, 3.05) is 44.7 Å². The highest BCUT2D eigenvalue weighted by atomic mass is 16.5. The summed E-state index contributed by atoms with van der Waals surface area (Å²) in [5.41, 5.74) is 1.99. The van der Waals surface area contributed by atoms with Gasteiger partial charge in [-0.25, -0.2) is 0 Å². The van der Waals surface area contributed by atoms with Gasteiger partial charge in [0.2, 0.25) is 5.91 Å². The Balaban J connectivity index is 1.32. The predicted octanol–water partition coefficient (Wildman–Crippen LogP) is 2.60. The molecule has 2 saturated heterocycles. The van der Waals surface area contributed by atoms with Gasteiger partial charge in [0, 0.05) is 44.3 Å². The van der Waals surface area contributed by atoms with Crippen molar-refractivity contribution in [2.45, 2.75) is 19.4 Å². The van der Waals surface area contributed by atoms with Crippen LogP contribution in [0.3, 0.4) is 0 Å². The fraction of sp³-hybridized carbons (Fsp3) is 0.455. The van der Waals surface area contributed by atoms with E-state index in [4.69, 9.17) is 9.15 Å². The number of anilines is 1. The van der Waals surface area contributed by atoms with Crippen LogP contribution in [-0.4, -0.2) is 61.0 Å². The van der Waals surface area contributed by atoms with E-state index in [2.05, 4.69) is 16.3 Å². The molecule has 3 heterocycles. The van der Waals surface area contributed by atoms with Crippen LogP contribution in [0.2, 0.25) is 0 Å². The third-order valence-corrected chi connectivity index (χ3v) is 5.66. The summed E-state index contributed by atoms with van der Waals surface area (Å²) in [6, 6.07) is 11.4. The van der Waals surface area contributed by atoms with Crippen LogP contribution in [0.5, 0.6) is 0 Å². The second-order valence-electron chi connectivity index (χ2n) is 7.58. The highest BCUT2D eigenvalue weighted by Crippen LogP contribution is 2.23. The molecule has 2 aliphatic heterocycles. The molecule has 0 radical (unpaired) electrons. The van der Waals surface area contributed by atoms with Gasteiger partial charge in [-0.05, 0) is 36.6 Å². The van der Waals surface area contributed by atoms with Crippen LogP contribution < -0.4 is 5.32 Å². The molecule has 1 N–H and O–H groups in total. The molecule has 4 rings (SSSR count). The maximum absolute atomic E-state index is 12.9. The van der Waals surface area contributed by atoms with Crippen molar-refractivity contribution in [3.63, 3.8) is 0 Å². The normalized spacial score (nSPS) is 18.6. The standard InChI is InChI=1S/C22H27N3O4/c26-21(17-7-9-25(10-8-17)22(27)20-6-3-13-29-20)23-19-5-2-1-4-18(19)16-24-11-14-28-15-12-24/h1-6,13,17H,7-12,14-16H2,(H,23,26). The highest BCUT2D eigenvalue weighted by molar-refractivity contribution is 5.94. The third-order valence-electron chi connectivity index (χ3n) is 5.66. The van der Waals surface area contributed by atoms with Crippen LogP contribution in [0.1, 0.15) is 29.0 Å². The molecule has 7 nitrogen and oxygen atoms in total. The van der Waals surface area contributed by atoms with Crippen LogP contribution in [-0.2, 0) is 16.1 Å². The van der Waals surface area contributed by atoms with Crippen LogP contribution in [0, 0.1) is 5.92 Å². The zero-order chi connectivity index (χ0) is 20.1. The number of para-hydroxylation sites is 1. The van der Waals surface area contributed by atoms with E-state index in [0.717, 1.165) is 44.1 Å². The minimum Gasteiger partial charge on any atom is -0.459 e. The summed E-state index contributed by atoms with van der Waals surface area (Å²) in [7, 11) is 0. The summed E-state index contributed by atoms with van der Waals surface area (Å²) in [5, 5.41) is 3.12. The van der Waals surface area contributed by atoms with Crippen molar-refractivity contribution in [2.24, 2.45) is 5.92 Å². The van der Waals surface area contributed by atoms with Gasteiger partial charge in [-0.15, -0.1) is 0 Å². The zero-order valence-electron chi connectivity index (χ0n) is 16.5. The quantitative estimate of drug-likeness (QED) is 0.839. The second-order valence-corrected chi connectivity index (χ2v) is 7.58. The molecule has 1 aromatic heterocycles. The third kappa shape index (κ3) is 4.86. The Morgan fingerprint density at radius 2 is 1.76 bits per heavy atom. The summed E-state index contributed by atoms with van der Waals surface area (Å²) >= 11 is 0. The first-order valence-corrected chi connectivity index (χ1v) is 10.2. The van der Waals surface area contributed by atoms with Crippen molar-refractivity contribution in [1.82, 2.24) is 9.80 Å². The Labute approximate surface area is 170 Å². The lowest BCUT2D eigenvalue weighted by Crippen LogP contribution is -2.41. The predicted molar refractivity (Wildman–Crippen MR) is 109 cm³/mol. The Kier molecular flexibility index (Phi) is 6.27. The maximum Gasteiger partial charge on any atom is 0.289 e. The van der Waals surface area contributed by atoms with Gasteiger partial charge in [-0.3, -0.25) is 14.5 Å². The first-order valence-electron chi connectivity index (χ1n) is 10.2. The number of hydrogen-bond acceptors (Lipinski definition) is 5. The number of piperidine rings is 1. The van der Waals surface area contributed by atoms with Gasteiger partial charge in [0.05, 0.1) is 19.5 Å². The number of nitrogens with one attached hydrogen (secondary N) is 1. The second kappa shape index (κ2) is 9.24. The van der Waals surface area contributed by atoms with E-state index in [1.54, 1.807) is 17.0 Å². The van der Waals surface area contributed by atoms with Crippen molar-refractivity contribution < 1.29 is 18.7 Å². The number of rotatable bonds is 5. The van der Waals surface area contributed by atoms with Gasteiger partial charge < -0.3 is 19.4 Å². The van der Waals surface area contributed by atoms with E-state index in [0.29, 0.717) is 31.7 Å². The van der Waals surface area contributed by atoms with E-state index in [1.165, 1.54) is 6.26 Å². The van der Waals surface area contributed by atoms with Crippen molar-refractivity contribution in [3.8, 4) is 0 Å². The van der Waals surface area contributed by atoms with Crippen LogP contribution in [0.15, 0.2) is 47.1 Å². The lowest BCUT2D eigenvalue weighted by atomic mass is 9.95. The number of amides is 2. The van der Waals surface area contributed by atoms with E-state index < -0.39 is 0 Å². The highest BCUT2D eigenvalue weighted by Gasteiger charge is 2.29. The van der Waals surface area contributed by atoms with E-state index in [9.17, 15) is 9.59 Å². The van der Waals surface area contributed by atoms with E-state index in [-0.39, 0.29) is 17.7 Å². The molecule has 0 aliphatic carbocycles. The number of likely N-dealkylation sites (tertiary alicyclic amines) is 1. The smallest absolute Gasteiger partial charge is 0.289 e. The van der Waals surface area contributed by atoms with Crippen molar-refractivity contribution >= 4 is 17.5 Å². The summed E-state index contributed by atoms with van der Waals surface area (Å²) < 4.78 is 10.6. The minimum absolute atomic E-state index is 0.0320. The van der Waals surface area contributed by atoms with E-state index in [1.807, 2.05) is 18.2 Å². The maximum atomic E-state index is 12.9. The largest absolute Gasteiger partial charge is 0.459 e. The fourth-order valence-electron chi connectivity index (χ4n) is 3.92.